The minimum absolute atomic E-state index is 0.658. The van der Waals surface area contributed by atoms with Gasteiger partial charge in [0.15, 0.2) is 0 Å². The van der Waals surface area contributed by atoms with E-state index in [-0.39, 0.29) is 0 Å². The van der Waals surface area contributed by atoms with Crippen LogP contribution in [0.3, 0.4) is 0 Å². The normalized spacial score (nSPS) is 10.8. The number of aromatic nitrogens is 3. The van der Waals surface area contributed by atoms with Gasteiger partial charge in [-0.05, 0) is 37.3 Å². The maximum Gasteiger partial charge on any atom is 0.206 e. The van der Waals surface area contributed by atoms with Crippen LogP contribution in [0.1, 0.15) is 5.69 Å². The summed E-state index contributed by atoms with van der Waals surface area (Å²) in [5, 5.41) is 3.82. The Morgan fingerprint density at radius 2 is 2.06 bits per heavy atom. The average molecular weight is 259 g/mol. The van der Waals surface area contributed by atoms with E-state index in [2.05, 4.69) is 20.3 Å². The first-order chi connectivity index (χ1) is 8.70. The monoisotopic (exact) mass is 258 g/mol. The number of hydrogen-bond donors (Lipinski definition) is 2. The van der Waals surface area contributed by atoms with Gasteiger partial charge in [0.25, 0.3) is 0 Å². The third-order valence-corrected chi connectivity index (χ3v) is 2.81. The molecule has 3 aromatic rings. The van der Waals surface area contributed by atoms with E-state index in [1.807, 2.05) is 43.3 Å². The van der Waals surface area contributed by atoms with Crippen LogP contribution in [0.5, 0.6) is 0 Å². The summed E-state index contributed by atoms with van der Waals surface area (Å²) >= 11 is 5.93. The molecule has 5 heteroatoms. The van der Waals surface area contributed by atoms with Crippen molar-refractivity contribution in [3.8, 4) is 0 Å². The molecule has 4 nitrogen and oxygen atoms in total. The predicted molar refractivity (Wildman–Crippen MR) is 73.4 cm³/mol. The highest BCUT2D eigenvalue weighted by Gasteiger charge is 2.04. The fourth-order valence-corrected chi connectivity index (χ4v) is 1.95. The largest absolute Gasteiger partial charge is 0.324 e. The second-order valence-corrected chi connectivity index (χ2v) is 4.47. The average Bonchev–Trinajstić information content (AvgIpc) is 2.70. The Morgan fingerprint density at radius 3 is 2.89 bits per heavy atom. The number of imidazole rings is 1. The first-order valence-corrected chi connectivity index (χ1v) is 5.94. The van der Waals surface area contributed by atoms with E-state index in [1.54, 1.807) is 0 Å². The van der Waals surface area contributed by atoms with Gasteiger partial charge in [0, 0.05) is 10.7 Å². The predicted octanol–water partition coefficient (Wildman–Crippen LogP) is 3.66. The first kappa shape index (κ1) is 11.0. The number of H-pyrrole nitrogens is 1. The second-order valence-electron chi connectivity index (χ2n) is 4.04. The highest BCUT2D eigenvalue weighted by Crippen LogP contribution is 2.20. The standard InChI is InChI=1S/C13H11ClN4/c1-8-3-2-4-12(15-8)18-13-16-10-6-5-9(14)7-11(10)17-13/h2-7H,1H3,(H2,15,16,17,18). The Morgan fingerprint density at radius 1 is 1.17 bits per heavy atom. The number of fused-ring (bicyclic) bond motifs is 1. The molecule has 3 rings (SSSR count). The van der Waals surface area contributed by atoms with Gasteiger partial charge in [-0.15, -0.1) is 0 Å². The van der Waals surface area contributed by atoms with Crippen molar-refractivity contribution in [2.45, 2.75) is 6.92 Å². The summed E-state index contributed by atoms with van der Waals surface area (Å²) < 4.78 is 0. The lowest BCUT2D eigenvalue weighted by atomic mass is 10.3. The highest BCUT2D eigenvalue weighted by molar-refractivity contribution is 6.31. The van der Waals surface area contributed by atoms with Crippen LogP contribution in [-0.4, -0.2) is 15.0 Å². The molecule has 0 atom stereocenters. The molecule has 0 amide bonds. The van der Waals surface area contributed by atoms with E-state index >= 15 is 0 Å². The molecule has 0 unspecified atom stereocenters. The van der Waals surface area contributed by atoms with Crippen molar-refractivity contribution in [3.05, 3.63) is 47.1 Å². The summed E-state index contributed by atoms with van der Waals surface area (Å²) in [5.74, 6) is 1.42. The molecule has 2 heterocycles. The molecule has 2 N–H and O–H groups in total. The highest BCUT2D eigenvalue weighted by atomic mass is 35.5. The third kappa shape index (κ3) is 2.15. The number of nitrogens with one attached hydrogen (secondary N) is 2. The van der Waals surface area contributed by atoms with Crippen LogP contribution in [0.4, 0.5) is 11.8 Å². The molecule has 0 bridgehead atoms. The van der Waals surface area contributed by atoms with Gasteiger partial charge in [-0.3, -0.25) is 0 Å². The van der Waals surface area contributed by atoms with Gasteiger partial charge < -0.3 is 10.3 Å². The van der Waals surface area contributed by atoms with Crippen molar-refractivity contribution in [2.75, 3.05) is 5.32 Å². The minimum Gasteiger partial charge on any atom is -0.324 e. The minimum atomic E-state index is 0.658. The molecule has 0 spiro atoms. The van der Waals surface area contributed by atoms with Crippen molar-refractivity contribution in [2.24, 2.45) is 0 Å². The van der Waals surface area contributed by atoms with Crippen LogP contribution in [0.25, 0.3) is 11.0 Å². The number of aryl methyl sites for hydroxylation is 1. The van der Waals surface area contributed by atoms with Crippen LogP contribution in [-0.2, 0) is 0 Å². The van der Waals surface area contributed by atoms with E-state index in [9.17, 15) is 0 Å². The molecule has 0 fully saturated rings. The maximum absolute atomic E-state index is 5.93. The van der Waals surface area contributed by atoms with Crippen molar-refractivity contribution in [1.29, 1.82) is 0 Å². The Balaban J connectivity index is 1.95. The van der Waals surface area contributed by atoms with Crippen LogP contribution in [0, 0.1) is 6.92 Å². The van der Waals surface area contributed by atoms with Crippen molar-refractivity contribution < 1.29 is 0 Å². The van der Waals surface area contributed by atoms with E-state index < -0.39 is 0 Å². The summed E-state index contributed by atoms with van der Waals surface area (Å²) in [4.78, 5) is 11.9. The van der Waals surface area contributed by atoms with Gasteiger partial charge in [0.05, 0.1) is 11.0 Å². The zero-order valence-corrected chi connectivity index (χ0v) is 10.5. The maximum atomic E-state index is 5.93. The van der Waals surface area contributed by atoms with Crippen LogP contribution >= 0.6 is 11.6 Å². The molecule has 90 valence electrons. The molecule has 0 radical (unpaired) electrons. The summed E-state index contributed by atoms with van der Waals surface area (Å²) in [6, 6.07) is 11.3. The lowest BCUT2D eigenvalue weighted by molar-refractivity contribution is 1.18. The molecular weight excluding hydrogens is 248 g/mol. The van der Waals surface area contributed by atoms with E-state index in [1.165, 1.54) is 0 Å². The Hall–Kier alpha value is -2.07. The number of nitrogens with zero attached hydrogens (tertiary/aromatic N) is 2. The van der Waals surface area contributed by atoms with E-state index in [4.69, 9.17) is 11.6 Å². The van der Waals surface area contributed by atoms with Crippen molar-refractivity contribution >= 4 is 34.4 Å². The van der Waals surface area contributed by atoms with E-state index in [0.29, 0.717) is 11.0 Å². The molecule has 0 aliphatic heterocycles. The summed E-state index contributed by atoms with van der Waals surface area (Å²) in [6.07, 6.45) is 0. The van der Waals surface area contributed by atoms with Gasteiger partial charge in [-0.2, -0.15) is 0 Å². The zero-order valence-electron chi connectivity index (χ0n) is 9.74. The number of anilines is 2. The number of hydrogen-bond acceptors (Lipinski definition) is 3. The summed E-state index contributed by atoms with van der Waals surface area (Å²) in [7, 11) is 0. The van der Waals surface area contributed by atoms with Gasteiger partial charge in [-0.1, -0.05) is 17.7 Å². The van der Waals surface area contributed by atoms with E-state index in [0.717, 1.165) is 22.5 Å². The SMILES string of the molecule is Cc1cccc(Nc2nc3ccc(Cl)cc3[nH]2)n1. The molecule has 1 aromatic carbocycles. The first-order valence-electron chi connectivity index (χ1n) is 5.57. The quantitative estimate of drug-likeness (QED) is 0.737. The molecule has 0 aliphatic carbocycles. The number of pyridine rings is 1. The molecule has 18 heavy (non-hydrogen) atoms. The summed E-state index contributed by atoms with van der Waals surface area (Å²) in [6.45, 7) is 1.95. The topological polar surface area (TPSA) is 53.6 Å². The van der Waals surface area contributed by atoms with Crippen LogP contribution in [0.2, 0.25) is 5.02 Å². The fourth-order valence-electron chi connectivity index (χ4n) is 1.78. The Kier molecular flexibility index (Phi) is 2.64. The lowest BCUT2D eigenvalue weighted by Gasteiger charge is -2.01. The lowest BCUT2D eigenvalue weighted by Crippen LogP contribution is -1.95. The zero-order chi connectivity index (χ0) is 12.5. The van der Waals surface area contributed by atoms with Gasteiger partial charge in [-0.25, -0.2) is 9.97 Å². The molecule has 2 aromatic heterocycles. The smallest absolute Gasteiger partial charge is 0.206 e. The molecule has 0 saturated heterocycles. The third-order valence-electron chi connectivity index (χ3n) is 2.58. The number of halogens is 1. The van der Waals surface area contributed by atoms with Gasteiger partial charge in [0.2, 0.25) is 5.95 Å². The van der Waals surface area contributed by atoms with Crippen molar-refractivity contribution in [1.82, 2.24) is 15.0 Å². The molecular formula is C13H11ClN4. The summed E-state index contributed by atoms with van der Waals surface area (Å²) in [5.41, 5.74) is 2.73. The fraction of sp³-hybridized carbons (Fsp3) is 0.0769. The molecule has 0 aliphatic rings. The number of benzene rings is 1. The second kappa shape index (κ2) is 4.31. The number of aromatic amines is 1. The Labute approximate surface area is 109 Å². The molecule has 0 saturated carbocycles. The van der Waals surface area contributed by atoms with Crippen LogP contribution in [0.15, 0.2) is 36.4 Å². The van der Waals surface area contributed by atoms with Crippen LogP contribution < -0.4 is 5.32 Å². The van der Waals surface area contributed by atoms with Gasteiger partial charge in [0.1, 0.15) is 5.82 Å². The number of rotatable bonds is 2. The van der Waals surface area contributed by atoms with Crippen molar-refractivity contribution in [3.63, 3.8) is 0 Å². The Bertz CT molecular complexity index is 705. The van der Waals surface area contributed by atoms with Gasteiger partial charge >= 0.3 is 0 Å².